The third-order valence-corrected chi connectivity index (χ3v) is 4.27. The zero-order valence-corrected chi connectivity index (χ0v) is 14.3. The number of aryl methyl sites for hydroxylation is 1. The normalized spacial score (nSPS) is 12.4. The van der Waals surface area contributed by atoms with Crippen molar-refractivity contribution in [3.8, 4) is 5.69 Å². The molecule has 130 valence electrons. The highest BCUT2D eigenvalue weighted by Gasteiger charge is 2.24. The van der Waals surface area contributed by atoms with E-state index in [9.17, 15) is 9.90 Å². The lowest BCUT2D eigenvalue weighted by Crippen LogP contribution is -2.33. The number of imidazole rings is 1. The van der Waals surface area contributed by atoms with Gasteiger partial charge in [-0.05, 0) is 37.7 Å². The lowest BCUT2D eigenvalue weighted by molar-refractivity contribution is -0.143. The van der Waals surface area contributed by atoms with E-state index < -0.39 is 12.0 Å². The van der Waals surface area contributed by atoms with E-state index in [1.54, 1.807) is 17.1 Å². The molecule has 7 heteroatoms. The Labute approximate surface area is 146 Å². The Morgan fingerprint density at radius 2 is 2.00 bits per heavy atom. The van der Waals surface area contributed by atoms with E-state index in [1.807, 2.05) is 66.2 Å². The minimum absolute atomic E-state index is 0.606. The van der Waals surface area contributed by atoms with Crippen molar-refractivity contribution in [2.45, 2.75) is 19.5 Å². The Morgan fingerprint density at radius 1 is 1.24 bits per heavy atom. The van der Waals surface area contributed by atoms with Crippen molar-refractivity contribution in [3.05, 3.63) is 66.5 Å². The summed E-state index contributed by atoms with van der Waals surface area (Å²) in [6.07, 6.45) is 7.21. The van der Waals surface area contributed by atoms with Crippen LogP contribution in [0, 0.1) is 6.92 Å². The number of likely N-dealkylation sites (N-methyl/N-ethyl adjacent to an activating group) is 1. The Kier molecular flexibility index (Phi) is 4.95. The number of hydrogen-bond donors (Lipinski definition) is 1. The van der Waals surface area contributed by atoms with Crippen LogP contribution in [0.15, 0.2) is 55.1 Å². The molecule has 1 N–H and O–H groups in total. The molecular formula is C18H21N5O2. The summed E-state index contributed by atoms with van der Waals surface area (Å²) in [6.45, 7) is 3.23. The molecule has 0 bridgehead atoms. The first-order chi connectivity index (χ1) is 12.1. The van der Waals surface area contributed by atoms with Gasteiger partial charge in [0, 0.05) is 37.9 Å². The molecule has 0 radical (unpaired) electrons. The van der Waals surface area contributed by atoms with Crippen LogP contribution in [-0.2, 0) is 11.3 Å². The van der Waals surface area contributed by atoms with Crippen molar-refractivity contribution in [3.63, 3.8) is 0 Å². The first-order valence-electron chi connectivity index (χ1n) is 8.07. The van der Waals surface area contributed by atoms with Gasteiger partial charge in [-0.25, -0.2) is 9.67 Å². The summed E-state index contributed by atoms with van der Waals surface area (Å²) in [5, 5.41) is 13.9. The van der Waals surface area contributed by atoms with Crippen molar-refractivity contribution >= 4 is 5.97 Å². The van der Waals surface area contributed by atoms with Gasteiger partial charge in [-0.1, -0.05) is 12.1 Å². The maximum absolute atomic E-state index is 11.8. The second kappa shape index (κ2) is 7.31. The van der Waals surface area contributed by atoms with Crippen molar-refractivity contribution in [2.75, 3.05) is 13.6 Å². The molecule has 0 saturated carbocycles. The largest absolute Gasteiger partial charge is 0.480 e. The van der Waals surface area contributed by atoms with E-state index in [-0.39, 0.29) is 0 Å². The standard InChI is InChI=1S/C18H21N5O2/c1-14-19-9-11-22(14)13-12-21(2)17(18(24)25)15-4-6-16(7-5-15)23-10-3-8-20-23/h3-11,17H,12-13H2,1-2H3,(H,24,25)/t17-/m1/s1. The van der Waals surface area contributed by atoms with E-state index in [2.05, 4.69) is 10.1 Å². The zero-order chi connectivity index (χ0) is 17.8. The fraction of sp³-hybridized carbons (Fsp3) is 0.278. The fourth-order valence-corrected chi connectivity index (χ4v) is 2.85. The third-order valence-electron chi connectivity index (χ3n) is 4.27. The molecule has 3 aromatic rings. The number of aliphatic carboxylic acids is 1. The summed E-state index contributed by atoms with van der Waals surface area (Å²) < 4.78 is 3.75. The smallest absolute Gasteiger partial charge is 0.325 e. The number of carboxylic acid groups (broad SMARTS) is 1. The summed E-state index contributed by atoms with van der Waals surface area (Å²) in [5.74, 6) is 0.0561. The summed E-state index contributed by atoms with van der Waals surface area (Å²) >= 11 is 0. The maximum Gasteiger partial charge on any atom is 0.325 e. The molecule has 0 aliphatic rings. The molecule has 0 amide bonds. The molecule has 2 aromatic heterocycles. The monoisotopic (exact) mass is 339 g/mol. The highest BCUT2D eigenvalue weighted by Crippen LogP contribution is 2.21. The van der Waals surface area contributed by atoms with Crippen molar-refractivity contribution < 1.29 is 9.90 Å². The highest BCUT2D eigenvalue weighted by atomic mass is 16.4. The molecule has 0 unspecified atom stereocenters. The van der Waals surface area contributed by atoms with E-state index in [1.165, 1.54) is 0 Å². The Hall–Kier alpha value is -2.93. The van der Waals surface area contributed by atoms with Gasteiger partial charge >= 0.3 is 5.97 Å². The minimum Gasteiger partial charge on any atom is -0.480 e. The van der Waals surface area contributed by atoms with Gasteiger partial charge in [0.15, 0.2) is 0 Å². The van der Waals surface area contributed by atoms with Crippen molar-refractivity contribution in [1.82, 2.24) is 24.2 Å². The number of carbonyl (C=O) groups is 1. The number of nitrogens with zero attached hydrogens (tertiary/aromatic N) is 5. The summed E-state index contributed by atoms with van der Waals surface area (Å²) in [5.41, 5.74) is 1.64. The van der Waals surface area contributed by atoms with Crippen LogP contribution in [0.2, 0.25) is 0 Å². The molecule has 0 aliphatic heterocycles. The van der Waals surface area contributed by atoms with Crippen LogP contribution in [-0.4, -0.2) is 48.9 Å². The predicted octanol–water partition coefficient (Wildman–Crippen LogP) is 2.13. The SMILES string of the molecule is Cc1nccn1CCN(C)[C@@H](C(=O)O)c1ccc(-n2cccn2)cc1. The average Bonchev–Trinajstić information content (AvgIpc) is 3.25. The van der Waals surface area contributed by atoms with Crippen LogP contribution in [0.5, 0.6) is 0 Å². The van der Waals surface area contributed by atoms with Crippen LogP contribution in [0.3, 0.4) is 0 Å². The molecule has 0 aliphatic carbocycles. The van der Waals surface area contributed by atoms with E-state index >= 15 is 0 Å². The van der Waals surface area contributed by atoms with Gasteiger partial charge in [-0.2, -0.15) is 5.10 Å². The second-order valence-electron chi connectivity index (χ2n) is 5.93. The Balaban J connectivity index is 1.73. The quantitative estimate of drug-likeness (QED) is 0.714. The maximum atomic E-state index is 11.8. The summed E-state index contributed by atoms with van der Waals surface area (Å²) in [7, 11) is 1.83. The van der Waals surface area contributed by atoms with Crippen LogP contribution in [0.1, 0.15) is 17.4 Å². The molecule has 25 heavy (non-hydrogen) atoms. The van der Waals surface area contributed by atoms with Gasteiger partial charge in [0.1, 0.15) is 11.9 Å². The van der Waals surface area contributed by atoms with Crippen LogP contribution in [0.4, 0.5) is 0 Å². The average molecular weight is 339 g/mol. The molecule has 0 saturated heterocycles. The zero-order valence-electron chi connectivity index (χ0n) is 14.3. The molecule has 0 spiro atoms. The summed E-state index contributed by atoms with van der Waals surface area (Å²) in [6, 6.07) is 8.59. The van der Waals surface area contributed by atoms with Gasteiger partial charge in [-0.15, -0.1) is 0 Å². The molecule has 1 aromatic carbocycles. The number of carboxylic acids is 1. The fourth-order valence-electron chi connectivity index (χ4n) is 2.85. The van der Waals surface area contributed by atoms with Gasteiger partial charge in [-0.3, -0.25) is 9.69 Å². The molecule has 1 atom stereocenters. The first-order valence-corrected chi connectivity index (χ1v) is 8.07. The van der Waals surface area contributed by atoms with Gasteiger partial charge in [0.05, 0.1) is 5.69 Å². The second-order valence-corrected chi connectivity index (χ2v) is 5.93. The third kappa shape index (κ3) is 3.77. The number of benzene rings is 1. The number of hydrogen-bond acceptors (Lipinski definition) is 4. The Bertz CT molecular complexity index is 824. The van der Waals surface area contributed by atoms with Crippen LogP contribution < -0.4 is 0 Å². The number of aromatic nitrogens is 4. The Morgan fingerprint density at radius 3 is 2.56 bits per heavy atom. The van der Waals surface area contributed by atoms with Gasteiger partial charge in [0.25, 0.3) is 0 Å². The molecular weight excluding hydrogens is 318 g/mol. The molecule has 0 fully saturated rings. The highest BCUT2D eigenvalue weighted by molar-refractivity contribution is 5.75. The van der Waals surface area contributed by atoms with Gasteiger partial charge in [0.2, 0.25) is 0 Å². The van der Waals surface area contributed by atoms with Gasteiger partial charge < -0.3 is 9.67 Å². The van der Waals surface area contributed by atoms with Crippen LogP contribution >= 0.6 is 0 Å². The summed E-state index contributed by atoms with van der Waals surface area (Å²) in [4.78, 5) is 17.8. The lowest BCUT2D eigenvalue weighted by Gasteiger charge is -2.25. The van der Waals surface area contributed by atoms with Crippen molar-refractivity contribution in [2.24, 2.45) is 0 Å². The topological polar surface area (TPSA) is 76.2 Å². The molecule has 7 nitrogen and oxygen atoms in total. The first kappa shape index (κ1) is 16.9. The van der Waals surface area contributed by atoms with Crippen molar-refractivity contribution in [1.29, 1.82) is 0 Å². The molecule has 3 rings (SSSR count). The van der Waals surface area contributed by atoms with E-state index in [0.29, 0.717) is 13.1 Å². The lowest BCUT2D eigenvalue weighted by atomic mass is 10.1. The minimum atomic E-state index is -0.864. The molecule has 2 heterocycles. The predicted molar refractivity (Wildman–Crippen MR) is 93.5 cm³/mol. The van der Waals surface area contributed by atoms with E-state index in [0.717, 1.165) is 17.1 Å². The van der Waals surface area contributed by atoms with Crippen LogP contribution in [0.25, 0.3) is 5.69 Å². The van der Waals surface area contributed by atoms with E-state index in [4.69, 9.17) is 0 Å². The number of rotatable bonds is 7.